The van der Waals surface area contributed by atoms with Crippen LogP contribution in [0.25, 0.3) is 0 Å². The van der Waals surface area contributed by atoms with E-state index >= 15 is 0 Å². The third kappa shape index (κ3) is 2.23. The predicted octanol–water partition coefficient (Wildman–Crippen LogP) is 1.47. The summed E-state index contributed by atoms with van der Waals surface area (Å²) in [5.74, 6) is 0. The summed E-state index contributed by atoms with van der Waals surface area (Å²) in [7, 11) is 2.13. The van der Waals surface area contributed by atoms with Crippen molar-refractivity contribution in [3.63, 3.8) is 0 Å². The first-order valence-electron chi connectivity index (χ1n) is 5.50. The van der Waals surface area contributed by atoms with Gasteiger partial charge in [0.15, 0.2) is 0 Å². The number of hydrogen-bond donors (Lipinski definition) is 2. The largest absolute Gasteiger partial charge is 0.396 e. The second-order valence-corrected chi connectivity index (χ2v) is 4.02. The molecule has 3 heteroatoms. The Hall–Kier alpha value is -1.22. The maximum atomic E-state index is 8.69. The number of aliphatic hydroxyl groups is 1. The van der Waals surface area contributed by atoms with Gasteiger partial charge in [0, 0.05) is 38.1 Å². The van der Waals surface area contributed by atoms with Gasteiger partial charge in [0.1, 0.15) is 0 Å². The van der Waals surface area contributed by atoms with Crippen LogP contribution in [0.3, 0.4) is 0 Å². The van der Waals surface area contributed by atoms with Gasteiger partial charge in [-0.05, 0) is 36.6 Å². The van der Waals surface area contributed by atoms with Crippen LogP contribution in [0.15, 0.2) is 18.2 Å². The standard InChI is InChI=1S/C12H18N2O/c1-14-7-5-10-9-11(3-4-12(10)14)13-6-2-8-15/h3-4,9,13,15H,2,5-8H2,1H3. The van der Waals surface area contributed by atoms with Crippen LogP contribution < -0.4 is 10.2 Å². The van der Waals surface area contributed by atoms with E-state index in [0.29, 0.717) is 0 Å². The molecule has 0 unspecified atom stereocenters. The molecule has 0 saturated carbocycles. The normalized spacial score (nSPS) is 14.1. The van der Waals surface area contributed by atoms with Crippen molar-refractivity contribution in [2.45, 2.75) is 12.8 Å². The highest BCUT2D eigenvalue weighted by atomic mass is 16.3. The number of nitrogens with zero attached hydrogens (tertiary/aromatic N) is 1. The quantitative estimate of drug-likeness (QED) is 0.732. The number of rotatable bonds is 4. The number of benzene rings is 1. The van der Waals surface area contributed by atoms with Crippen molar-refractivity contribution >= 4 is 11.4 Å². The summed E-state index contributed by atoms with van der Waals surface area (Å²) in [5, 5.41) is 12.0. The van der Waals surface area contributed by atoms with Crippen LogP contribution in [0, 0.1) is 0 Å². The summed E-state index contributed by atoms with van der Waals surface area (Å²) in [6, 6.07) is 6.50. The number of nitrogens with one attached hydrogen (secondary N) is 1. The van der Waals surface area contributed by atoms with E-state index in [9.17, 15) is 0 Å². The summed E-state index contributed by atoms with van der Waals surface area (Å²) >= 11 is 0. The Balaban J connectivity index is 2.03. The lowest BCUT2D eigenvalue weighted by atomic mass is 10.1. The maximum Gasteiger partial charge on any atom is 0.0447 e. The molecular formula is C12H18N2O. The van der Waals surface area contributed by atoms with Gasteiger partial charge in [-0.3, -0.25) is 0 Å². The smallest absolute Gasteiger partial charge is 0.0447 e. The van der Waals surface area contributed by atoms with Gasteiger partial charge in [-0.1, -0.05) is 0 Å². The summed E-state index contributed by atoms with van der Waals surface area (Å²) in [5.41, 5.74) is 3.94. The van der Waals surface area contributed by atoms with Crippen LogP contribution in [-0.4, -0.2) is 31.9 Å². The van der Waals surface area contributed by atoms with E-state index in [1.54, 1.807) is 0 Å². The molecular weight excluding hydrogens is 188 g/mol. The molecule has 0 bridgehead atoms. The number of anilines is 2. The van der Waals surface area contributed by atoms with Crippen LogP contribution >= 0.6 is 0 Å². The molecule has 1 aromatic carbocycles. The zero-order chi connectivity index (χ0) is 10.7. The van der Waals surface area contributed by atoms with Gasteiger partial charge in [0.05, 0.1) is 0 Å². The van der Waals surface area contributed by atoms with Crippen molar-refractivity contribution in [1.82, 2.24) is 0 Å². The molecule has 1 aliphatic rings. The highest BCUT2D eigenvalue weighted by molar-refractivity contribution is 5.63. The minimum Gasteiger partial charge on any atom is -0.396 e. The molecule has 0 aromatic heterocycles. The number of hydrogen-bond acceptors (Lipinski definition) is 3. The molecule has 1 aromatic rings. The maximum absolute atomic E-state index is 8.69. The Labute approximate surface area is 90.7 Å². The van der Waals surface area contributed by atoms with E-state index in [0.717, 1.165) is 31.6 Å². The topological polar surface area (TPSA) is 35.5 Å². The second-order valence-electron chi connectivity index (χ2n) is 4.02. The lowest BCUT2D eigenvalue weighted by Crippen LogP contribution is -2.12. The molecule has 2 N–H and O–H groups in total. The first-order chi connectivity index (χ1) is 7.31. The molecule has 1 aliphatic heterocycles. The number of fused-ring (bicyclic) bond motifs is 1. The molecule has 1 heterocycles. The van der Waals surface area contributed by atoms with Gasteiger partial charge in [0.25, 0.3) is 0 Å². The average molecular weight is 206 g/mol. The Morgan fingerprint density at radius 2 is 2.33 bits per heavy atom. The molecule has 0 fully saturated rings. The summed E-state index contributed by atoms with van der Waals surface area (Å²) < 4.78 is 0. The average Bonchev–Trinajstić information content (AvgIpc) is 2.61. The van der Waals surface area contributed by atoms with E-state index in [4.69, 9.17) is 5.11 Å². The van der Waals surface area contributed by atoms with Crippen molar-refractivity contribution in [1.29, 1.82) is 0 Å². The van der Waals surface area contributed by atoms with Gasteiger partial charge < -0.3 is 15.3 Å². The SMILES string of the molecule is CN1CCc2cc(NCCCO)ccc21. The Morgan fingerprint density at radius 3 is 3.13 bits per heavy atom. The van der Waals surface area contributed by atoms with Gasteiger partial charge >= 0.3 is 0 Å². The van der Waals surface area contributed by atoms with E-state index in [2.05, 4.69) is 35.5 Å². The highest BCUT2D eigenvalue weighted by Gasteiger charge is 2.15. The minimum atomic E-state index is 0.251. The molecule has 0 amide bonds. The van der Waals surface area contributed by atoms with E-state index in [1.165, 1.54) is 11.3 Å². The van der Waals surface area contributed by atoms with Crippen LogP contribution in [-0.2, 0) is 6.42 Å². The van der Waals surface area contributed by atoms with Gasteiger partial charge in [-0.2, -0.15) is 0 Å². The first kappa shape index (κ1) is 10.3. The first-order valence-corrected chi connectivity index (χ1v) is 5.50. The highest BCUT2D eigenvalue weighted by Crippen LogP contribution is 2.28. The van der Waals surface area contributed by atoms with Crippen LogP contribution in [0.4, 0.5) is 11.4 Å². The van der Waals surface area contributed by atoms with Crippen molar-refractivity contribution in [3.05, 3.63) is 23.8 Å². The second kappa shape index (κ2) is 4.53. The molecule has 2 rings (SSSR count). The van der Waals surface area contributed by atoms with Crippen molar-refractivity contribution in [2.24, 2.45) is 0 Å². The fourth-order valence-electron chi connectivity index (χ4n) is 1.99. The molecule has 0 saturated heterocycles. The van der Waals surface area contributed by atoms with Crippen molar-refractivity contribution in [2.75, 3.05) is 37.0 Å². The summed E-state index contributed by atoms with van der Waals surface area (Å²) in [4.78, 5) is 2.28. The fourth-order valence-corrected chi connectivity index (χ4v) is 1.99. The molecule has 0 aliphatic carbocycles. The third-order valence-electron chi connectivity index (χ3n) is 2.87. The lowest BCUT2D eigenvalue weighted by Gasteiger charge is -2.12. The Kier molecular flexibility index (Phi) is 3.11. The molecule has 3 nitrogen and oxygen atoms in total. The van der Waals surface area contributed by atoms with Crippen LogP contribution in [0.1, 0.15) is 12.0 Å². The predicted molar refractivity (Wildman–Crippen MR) is 63.6 cm³/mol. The lowest BCUT2D eigenvalue weighted by molar-refractivity contribution is 0.292. The Bertz CT molecular complexity index is 338. The number of likely N-dealkylation sites (N-methyl/N-ethyl adjacent to an activating group) is 1. The van der Waals surface area contributed by atoms with Gasteiger partial charge in [-0.15, -0.1) is 0 Å². The van der Waals surface area contributed by atoms with Gasteiger partial charge in [0.2, 0.25) is 0 Å². The number of aliphatic hydroxyl groups excluding tert-OH is 1. The monoisotopic (exact) mass is 206 g/mol. The molecule has 0 radical (unpaired) electrons. The van der Waals surface area contributed by atoms with E-state index < -0.39 is 0 Å². The molecule has 15 heavy (non-hydrogen) atoms. The van der Waals surface area contributed by atoms with E-state index in [-0.39, 0.29) is 6.61 Å². The Morgan fingerprint density at radius 1 is 1.47 bits per heavy atom. The minimum absolute atomic E-state index is 0.251. The summed E-state index contributed by atoms with van der Waals surface area (Å²) in [6.07, 6.45) is 1.94. The van der Waals surface area contributed by atoms with Gasteiger partial charge in [-0.25, -0.2) is 0 Å². The third-order valence-corrected chi connectivity index (χ3v) is 2.87. The fraction of sp³-hybridized carbons (Fsp3) is 0.500. The van der Waals surface area contributed by atoms with Crippen LogP contribution in [0.5, 0.6) is 0 Å². The zero-order valence-corrected chi connectivity index (χ0v) is 9.16. The van der Waals surface area contributed by atoms with Crippen molar-refractivity contribution in [3.8, 4) is 0 Å². The zero-order valence-electron chi connectivity index (χ0n) is 9.16. The van der Waals surface area contributed by atoms with Crippen molar-refractivity contribution < 1.29 is 5.11 Å². The van der Waals surface area contributed by atoms with E-state index in [1.807, 2.05) is 0 Å². The molecule has 82 valence electrons. The molecule has 0 atom stereocenters. The van der Waals surface area contributed by atoms with Crippen LogP contribution in [0.2, 0.25) is 0 Å². The molecule has 0 spiro atoms. The summed E-state index contributed by atoms with van der Waals surface area (Å²) in [6.45, 7) is 2.21.